The lowest BCUT2D eigenvalue weighted by Crippen LogP contribution is -2.45. The van der Waals surface area contributed by atoms with Gasteiger partial charge in [-0.2, -0.15) is 5.26 Å². The summed E-state index contributed by atoms with van der Waals surface area (Å²) < 4.78 is 31.4. The number of rotatable bonds is 6. The zero-order chi connectivity index (χ0) is 28.5. The molecule has 1 heterocycles. The van der Waals surface area contributed by atoms with Gasteiger partial charge in [0.05, 0.1) is 17.1 Å². The number of thioether (sulfide) groups is 1. The van der Waals surface area contributed by atoms with Gasteiger partial charge >= 0.3 is 0 Å². The third-order valence-electron chi connectivity index (χ3n) is 7.07. The van der Waals surface area contributed by atoms with Crippen LogP contribution in [0, 0.1) is 28.4 Å². The molecule has 0 aliphatic carbocycles. The molecule has 0 spiro atoms. The molecule has 3 aromatic rings. The summed E-state index contributed by atoms with van der Waals surface area (Å²) in [5.41, 5.74) is -1.34. The van der Waals surface area contributed by atoms with Gasteiger partial charge in [0.15, 0.2) is 0 Å². The number of benzene rings is 3. The molecule has 0 radical (unpaired) electrons. The van der Waals surface area contributed by atoms with Crippen molar-refractivity contribution in [2.75, 3.05) is 11.6 Å². The molecule has 9 heteroatoms. The largest absolute Gasteiger partial charge is 0.325 e. The molecule has 0 saturated carbocycles. The van der Waals surface area contributed by atoms with Crippen LogP contribution in [-0.2, 0) is 10.2 Å². The number of nitriles is 1. The van der Waals surface area contributed by atoms with Crippen LogP contribution in [0.2, 0.25) is 10.0 Å². The Balaban J connectivity index is 1.95. The third-order valence-corrected chi connectivity index (χ3v) is 8.32. The summed E-state index contributed by atoms with van der Waals surface area (Å²) in [6, 6.07) is 16.4. The Morgan fingerprint density at radius 3 is 2.49 bits per heavy atom. The molecule has 1 aliphatic rings. The van der Waals surface area contributed by atoms with E-state index in [-0.39, 0.29) is 26.6 Å². The van der Waals surface area contributed by atoms with Crippen LogP contribution >= 0.6 is 35.0 Å². The van der Waals surface area contributed by atoms with Crippen molar-refractivity contribution in [2.45, 2.75) is 55.5 Å². The number of carbonyl (C=O) groups excluding carboxylic acids is 1. The maximum absolute atomic E-state index is 15.7. The van der Waals surface area contributed by atoms with Gasteiger partial charge in [0.25, 0.3) is 0 Å². The van der Waals surface area contributed by atoms with E-state index in [1.165, 1.54) is 36.0 Å². The van der Waals surface area contributed by atoms with Gasteiger partial charge in [-0.25, -0.2) is 8.78 Å². The number of halogens is 4. The van der Waals surface area contributed by atoms with Crippen molar-refractivity contribution in [3.8, 4) is 6.07 Å². The highest BCUT2D eigenvalue weighted by Gasteiger charge is 2.61. The smallest absolute Gasteiger partial charge is 0.242 e. The molecule has 1 fully saturated rings. The molecule has 39 heavy (non-hydrogen) atoms. The summed E-state index contributed by atoms with van der Waals surface area (Å²) in [4.78, 5) is 14.9. The van der Waals surface area contributed by atoms with Crippen molar-refractivity contribution in [2.24, 2.45) is 5.41 Å². The summed E-state index contributed by atoms with van der Waals surface area (Å²) in [6.45, 7) is 5.97. The molecule has 4 atom stereocenters. The van der Waals surface area contributed by atoms with Crippen LogP contribution in [0.25, 0.3) is 0 Å². The standard InChI is InChI=1S/C30H29Cl2F2N3OS/c1-29(2,3)15-24-30(16-35,21-12-11-17(31)13-23(21)33)25(20-9-6-10-22(32)26(20)34)27(37-24)28(38)36-18-7-5-8-19(14-18)39-4/h5-14,24-25,27,37H,15H2,1-4H3,(H,36,38). The number of nitrogens with one attached hydrogen (secondary N) is 2. The molecule has 1 amide bonds. The van der Waals surface area contributed by atoms with Gasteiger partial charge in [-0.15, -0.1) is 11.8 Å². The van der Waals surface area contributed by atoms with Crippen molar-refractivity contribution in [3.05, 3.63) is 93.5 Å². The second kappa shape index (κ2) is 11.5. The zero-order valence-corrected chi connectivity index (χ0v) is 24.3. The van der Waals surface area contributed by atoms with Crippen LogP contribution < -0.4 is 10.6 Å². The van der Waals surface area contributed by atoms with E-state index in [9.17, 15) is 10.1 Å². The van der Waals surface area contributed by atoms with E-state index in [0.29, 0.717) is 12.1 Å². The first-order valence-electron chi connectivity index (χ1n) is 12.4. The van der Waals surface area contributed by atoms with E-state index in [1.807, 2.05) is 45.2 Å². The van der Waals surface area contributed by atoms with E-state index in [1.54, 1.807) is 12.1 Å². The van der Waals surface area contributed by atoms with E-state index >= 15 is 8.78 Å². The second-order valence-electron chi connectivity index (χ2n) is 10.9. The number of nitrogens with zero attached hydrogens (tertiary/aromatic N) is 1. The van der Waals surface area contributed by atoms with Gasteiger partial charge in [-0.3, -0.25) is 4.79 Å². The quantitative estimate of drug-likeness (QED) is 0.287. The molecule has 0 aromatic heterocycles. The molecule has 4 unspecified atom stereocenters. The fourth-order valence-corrected chi connectivity index (χ4v) is 6.28. The van der Waals surface area contributed by atoms with Crippen LogP contribution in [-0.4, -0.2) is 24.2 Å². The Bertz CT molecular complexity index is 1440. The molecule has 3 aromatic carbocycles. The Hall–Kier alpha value is -2.63. The van der Waals surface area contributed by atoms with Crippen LogP contribution in [0.1, 0.15) is 44.2 Å². The second-order valence-corrected chi connectivity index (χ2v) is 12.6. The molecular weight excluding hydrogens is 559 g/mol. The van der Waals surface area contributed by atoms with Crippen LogP contribution in [0.4, 0.5) is 14.5 Å². The number of carbonyl (C=O) groups is 1. The number of hydrogen-bond acceptors (Lipinski definition) is 4. The zero-order valence-electron chi connectivity index (χ0n) is 22.0. The molecule has 0 bridgehead atoms. The minimum atomic E-state index is -1.67. The van der Waals surface area contributed by atoms with E-state index in [4.69, 9.17) is 23.2 Å². The number of anilines is 1. The predicted molar refractivity (Wildman–Crippen MR) is 154 cm³/mol. The summed E-state index contributed by atoms with van der Waals surface area (Å²) in [5.74, 6) is -3.04. The summed E-state index contributed by atoms with van der Waals surface area (Å²) >= 11 is 13.8. The first-order valence-corrected chi connectivity index (χ1v) is 14.4. The maximum Gasteiger partial charge on any atom is 0.242 e. The van der Waals surface area contributed by atoms with Crippen molar-refractivity contribution in [3.63, 3.8) is 0 Å². The normalized spacial score (nSPS) is 22.9. The molecule has 1 saturated heterocycles. The van der Waals surface area contributed by atoms with Gasteiger partial charge in [-0.05, 0) is 60.1 Å². The Morgan fingerprint density at radius 1 is 1.13 bits per heavy atom. The highest BCUT2D eigenvalue weighted by molar-refractivity contribution is 7.98. The summed E-state index contributed by atoms with van der Waals surface area (Å²) in [7, 11) is 0. The highest BCUT2D eigenvalue weighted by Crippen LogP contribution is 2.52. The minimum Gasteiger partial charge on any atom is -0.325 e. The first kappa shape index (κ1) is 29.4. The molecule has 4 nitrogen and oxygen atoms in total. The molecule has 2 N–H and O–H groups in total. The van der Waals surface area contributed by atoms with Gasteiger partial charge in [0.2, 0.25) is 5.91 Å². The van der Waals surface area contributed by atoms with Gasteiger partial charge in [0.1, 0.15) is 17.0 Å². The van der Waals surface area contributed by atoms with Crippen LogP contribution in [0.3, 0.4) is 0 Å². The lowest BCUT2D eigenvalue weighted by molar-refractivity contribution is -0.118. The lowest BCUT2D eigenvalue weighted by Gasteiger charge is -2.37. The Labute approximate surface area is 242 Å². The van der Waals surface area contributed by atoms with Crippen LogP contribution in [0.5, 0.6) is 0 Å². The van der Waals surface area contributed by atoms with E-state index in [0.717, 1.165) is 11.0 Å². The fraction of sp³-hybridized carbons (Fsp3) is 0.333. The monoisotopic (exact) mass is 587 g/mol. The topological polar surface area (TPSA) is 64.9 Å². The third kappa shape index (κ3) is 5.81. The maximum atomic E-state index is 15.7. The highest BCUT2D eigenvalue weighted by atomic mass is 35.5. The Morgan fingerprint density at radius 2 is 1.85 bits per heavy atom. The SMILES string of the molecule is CSc1cccc(NC(=O)C2NC(CC(C)(C)C)C(C#N)(c3ccc(Cl)cc3F)C2c2cccc(Cl)c2F)c1. The van der Waals surface area contributed by atoms with Crippen molar-refractivity contribution in [1.82, 2.24) is 5.32 Å². The summed E-state index contributed by atoms with van der Waals surface area (Å²) in [5, 5.41) is 17.2. The minimum absolute atomic E-state index is 0.0419. The van der Waals surface area contributed by atoms with Crippen LogP contribution in [0.15, 0.2) is 65.6 Å². The summed E-state index contributed by atoms with van der Waals surface area (Å²) in [6.07, 6.45) is 2.32. The number of amides is 1. The van der Waals surface area contributed by atoms with Gasteiger partial charge < -0.3 is 10.6 Å². The van der Waals surface area contributed by atoms with E-state index in [2.05, 4.69) is 16.7 Å². The average molecular weight is 589 g/mol. The van der Waals surface area contributed by atoms with Crippen molar-refractivity contribution < 1.29 is 13.6 Å². The van der Waals surface area contributed by atoms with Crippen molar-refractivity contribution >= 4 is 46.6 Å². The molecular formula is C30H29Cl2F2N3OS. The Kier molecular flexibility index (Phi) is 8.63. The van der Waals surface area contributed by atoms with Gasteiger partial charge in [-0.1, -0.05) is 68.2 Å². The fourth-order valence-electron chi connectivity index (χ4n) is 5.48. The molecule has 1 aliphatic heterocycles. The predicted octanol–water partition coefficient (Wildman–Crippen LogP) is 7.95. The number of hydrogen-bond donors (Lipinski definition) is 2. The van der Waals surface area contributed by atoms with E-state index < -0.39 is 41.0 Å². The van der Waals surface area contributed by atoms with Crippen molar-refractivity contribution in [1.29, 1.82) is 5.26 Å². The molecule has 4 rings (SSSR count). The average Bonchev–Trinajstić information content (AvgIpc) is 3.18. The molecule has 204 valence electrons. The lowest BCUT2D eigenvalue weighted by atomic mass is 9.62. The first-order chi connectivity index (χ1) is 18.4. The van der Waals surface area contributed by atoms with Gasteiger partial charge in [0, 0.05) is 33.1 Å².